The first-order chi connectivity index (χ1) is 10.1. The Morgan fingerprint density at radius 1 is 1.24 bits per heavy atom. The van der Waals surface area contributed by atoms with E-state index in [1.807, 2.05) is 0 Å². The second-order valence-electron chi connectivity index (χ2n) is 5.04. The molecule has 0 unspecified atom stereocenters. The fourth-order valence-corrected chi connectivity index (χ4v) is 3.11. The lowest BCUT2D eigenvalue weighted by atomic mass is 10.1. The summed E-state index contributed by atoms with van der Waals surface area (Å²) in [5.74, 6) is -1.11. The molecule has 0 aromatic carbocycles. The minimum Gasteiger partial charge on any atom is -0.477 e. The number of carbonyl (C=O) groups excluding carboxylic acids is 2. The second-order valence-corrected chi connectivity index (χ2v) is 6.12. The van der Waals surface area contributed by atoms with Gasteiger partial charge >= 0.3 is 5.97 Å². The Morgan fingerprint density at radius 2 is 1.95 bits per heavy atom. The lowest BCUT2D eigenvalue weighted by molar-refractivity contribution is -0.124. The number of aromatic carboxylic acids is 1. The molecule has 2 amide bonds. The number of carbonyl (C=O) groups is 3. The zero-order valence-corrected chi connectivity index (χ0v) is 12.4. The summed E-state index contributed by atoms with van der Waals surface area (Å²) in [6.07, 6.45) is 4.25. The van der Waals surface area contributed by atoms with E-state index >= 15 is 0 Å². The Balaban J connectivity index is 1.69. The summed E-state index contributed by atoms with van der Waals surface area (Å²) in [6.45, 7) is 0.304. The summed E-state index contributed by atoms with van der Waals surface area (Å²) in [6, 6.07) is 3.01. The Morgan fingerprint density at radius 3 is 2.57 bits per heavy atom. The van der Waals surface area contributed by atoms with Crippen LogP contribution >= 0.6 is 11.3 Å². The van der Waals surface area contributed by atoms with Crippen molar-refractivity contribution in [3.63, 3.8) is 0 Å². The highest BCUT2D eigenvalue weighted by molar-refractivity contribution is 7.18. The van der Waals surface area contributed by atoms with Crippen molar-refractivity contribution in [1.82, 2.24) is 5.32 Å². The number of hydrogen-bond acceptors (Lipinski definition) is 4. The molecule has 1 aliphatic carbocycles. The van der Waals surface area contributed by atoms with Crippen LogP contribution in [-0.2, 0) is 9.59 Å². The highest BCUT2D eigenvalue weighted by Gasteiger charge is 2.22. The molecule has 0 radical (unpaired) electrons. The van der Waals surface area contributed by atoms with Gasteiger partial charge in [-0.05, 0) is 25.0 Å². The van der Waals surface area contributed by atoms with Gasteiger partial charge in [0.05, 0.1) is 5.00 Å². The predicted molar refractivity (Wildman–Crippen MR) is 79.5 cm³/mol. The van der Waals surface area contributed by atoms with Gasteiger partial charge in [-0.2, -0.15) is 0 Å². The van der Waals surface area contributed by atoms with Crippen LogP contribution in [0.2, 0.25) is 0 Å². The van der Waals surface area contributed by atoms with E-state index in [0.29, 0.717) is 11.5 Å². The van der Waals surface area contributed by atoms with Crippen LogP contribution in [0.5, 0.6) is 0 Å². The smallest absolute Gasteiger partial charge is 0.345 e. The van der Waals surface area contributed by atoms with Crippen LogP contribution in [0.25, 0.3) is 0 Å². The normalized spacial score (nSPS) is 14.9. The minimum absolute atomic E-state index is 0.0320. The van der Waals surface area contributed by atoms with E-state index < -0.39 is 5.97 Å². The van der Waals surface area contributed by atoms with Crippen molar-refractivity contribution in [3.8, 4) is 0 Å². The van der Waals surface area contributed by atoms with Crippen LogP contribution in [0.3, 0.4) is 0 Å². The topological polar surface area (TPSA) is 95.5 Å². The Hall–Kier alpha value is -1.89. The standard InChI is InChI=1S/C14H18N2O4S/c17-11(16-12-6-5-10(21-12)14(19)20)7-8-15-13(18)9-3-1-2-4-9/h5-6,9H,1-4,7-8H2,(H,15,18)(H,16,17)(H,19,20). The molecule has 1 fully saturated rings. The molecule has 21 heavy (non-hydrogen) atoms. The highest BCUT2D eigenvalue weighted by atomic mass is 32.1. The average molecular weight is 310 g/mol. The zero-order chi connectivity index (χ0) is 15.2. The predicted octanol–water partition coefficient (Wildman–Crippen LogP) is 2.08. The van der Waals surface area contributed by atoms with Crippen LogP contribution in [0.1, 0.15) is 41.8 Å². The number of amides is 2. The van der Waals surface area contributed by atoms with Gasteiger partial charge in [0.15, 0.2) is 0 Å². The van der Waals surface area contributed by atoms with E-state index in [0.717, 1.165) is 37.0 Å². The number of nitrogens with one attached hydrogen (secondary N) is 2. The quantitative estimate of drug-likeness (QED) is 0.749. The fraction of sp³-hybridized carbons (Fsp3) is 0.500. The van der Waals surface area contributed by atoms with Gasteiger partial charge in [0.1, 0.15) is 4.88 Å². The summed E-state index contributed by atoms with van der Waals surface area (Å²) >= 11 is 1.01. The maximum absolute atomic E-state index is 11.8. The SMILES string of the molecule is O=C(CCNC(=O)C1CCCC1)Nc1ccc(C(=O)O)s1. The molecule has 2 rings (SSSR count). The van der Waals surface area contributed by atoms with Crippen molar-refractivity contribution in [2.75, 3.05) is 11.9 Å². The molecule has 1 heterocycles. The van der Waals surface area contributed by atoms with Crippen molar-refractivity contribution in [2.45, 2.75) is 32.1 Å². The van der Waals surface area contributed by atoms with E-state index in [1.54, 1.807) is 6.07 Å². The second kappa shape index (κ2) is 7.21. The molecule has 114 valence electrons. The summed E-state index contributed by atoms with van der Waals surface area (Å²) < 4.78 is 0. The number of rotatable bonds is 6. The maximum Gasteiger partial charge on any atom is 0.345 e. The van der Waals surface area contributed by atoms with Crippen LogP contribution in [0.15, 0.2) is 12.1 Å². The third kappa shape index (κ3) is 4.56. The van der Waals surface area contributed by atoms with Crippen molar-refractivity contribution in [3.05, 3.63) is 17.0 Å². The summed E-state index contributed by atoms with van der Waals surface area (Å²) in [5, 5.41) is 14.7. The number of carboxylic acids is 1. The first-order valence-corrected chi connectivity index (χ1v) is 7.78. The molecule has 0 saturated heterocycles. The molecule has 0 bridgehead atoms. The summed E-state index contributed by atoms with van der Waals surface area (Å²) in [7, 11) is 0. The van der Waals surface area contributed by atoms with E-state index in [2.05, 4.69) is 10.6 Å². The monoisotopic (exact) mass is 310 g/mol. The van der Waals surface area contributed by atoms with Crippen LogP contribution in [0, 0.1) is 5.92 Å². The molecule has 1 saturated carbocycles. The lowest BCUT2D eigenvalue weighted by Gasteiger charge is -2.09. The fourth-order valence-electron chi connectivity index (χ4n) is 2.35. The van der Waals surface area contributed by atoms with Gasteiger partial charge in [-0.3, -0.25) is 9.59 Å². The molecule has 1 aromatic rings. The van der Waals surface area contributed by atoms with Gasteiger partial charge in [0.25, 0.3) is 0 Å². The van der Waals surface area contributed by atoms with Crippen molar-refractivity contribution < 1.29 is 19.5 Å². The van der Waals surface area contributed by atoms with Gasteiger partial charge < -0.3 is 15.7 Å². The third-order valence-electron chi connectivity index (χ3n) is 3.46. The highest BCUT2D eigenvalue weighted by Crippen LogP contribution is 2.24. The largest absolute Gasteiger partial charge is 0.477 e. The molecule has 0 aliphatic heterocycles. The number of thiophene rings is 1. The molecule has 0 spiro atoms. The van der Waals surface area contributed by atoms with Crippen LogP contribution in [0.4, 0.5) is 5.00 Å². The first-order valence-electron chi connectivity index (χ1n) is 6.97. The first kappa shape index (κ1) is 15.5. The maximum atomic E-state index is 11.8. The average Bonchev–Trinajstić information content (AvgIpc) is 3.09. The summed E-state index contributed by atoms with van der Waals surface area (Å²) in [4.78, 5) is 34.4. The molecule has 1 aromatic heterocycles. The van der Waals surface area contributed by atoms with Crippen molar-refractivity contribution in [2.24, 2.45) is 5.92 Å². The Labute approximate surface area is 126 Å². The van der Waals surface area contributed by atoms with Gasteiger partial charge in [0, 0.05) is 18.9 Å². The molecule has 3 N–H and O–H groups in total. The third-order valence-corrected chi connectivity index (χ3v) is 4.45. The van der Waals surface area contributed by atoms with E-state index in [-0.39, 0.29) is 29.0 Å². The van der Waals surface area contributed by atoms with E-state index in [9.17, 15) is 14.4 Å². The molecule has 1 aliphatic rings. The van der Waals surface area contributed by atoms with Gasteiger partial charge in [-0.15, -0.1) is 11.3 Å². The Bertz CT molecular complexity index is 535. The molecular weight excluding hydrogens is 292 g/mol. The molecule has 7 heteroatoms. The zero-order valence-electron chi connectivity index (χ0n) is 11.6. The van der Waals surface area contributed by atoms with Gasteiger partial charge in [0.2, 0.25) is 11.8 Å². The van der Waals surface area contributed by atoms with E-state index in [1.165, 1.54) is 6.07 Å². The molecular formula is C14H18N2O4S. The number of hydrogen-bond donors (Lipinski definition) is 3. The number of carboxylic acid groups (broad SMARTS) is 1. The molecule has 6 nitrogen and oxygen atoms in total. The minimum atomic E-state index is -1.01. The van der Waals surface area contributed by atoms with Gasteiger partial charge in [-0.25, -0.2) is 4.79 Å². The molecule has 0 atom stereocenters. The van der Waals surface area contributed by atoms with Crippen LogP contribution in [-0.4, -0.2) is 29.4 Å². The van der Waals surface area contributed by atoms with Crippen LogP contribution < -0.4 is 10.6 Å². The van der Waals surface area contributed by atoms with Gasteiger partial charge in [-0.1, -0.05) is 12.8 Å². The Kier molecular flexibility index (Phi) is 5.32. The van der Waals surface area contributed by atoms with E-state index in [4.69, 9.17) is 5.11 Å². The lowest BCUT2D eigenvalue weighted by Crippen LogP contribution is -2.31. The summed E-state index contributed by atoms with van der Waals surface area (Å²) in [5.41, 5.74) is 0. The van der Waals surface area contributed by atoms with Crippen molar-refractivity contribution in [1.29, 1.82) is 0 Å². The van der Waals surface area contributed by atoms with Crippen molar-refractivity contribution >= 4 is 34.1 Å². The number of anilines is 1.